The SMILES string of the molecule is COc1cc2c(cc1OC)C(CNC(=O)c1ccc(C)cc1)N(Cc1ccc(F)cc1)CC2. The first kappa shape index (κ1) is 22.8. The highest BCUT2D eigenvalue weighted by Gasteiger charge is 2.29. The predicted molar refractivity (Wildman–Crippen MR) is 126 cm³/mol. The van der Waals surface area contributed by atoms with Crippen molar-refractivity contribution in [3.05, 3.63) is 94.3 Å². The van der Waals surface area contributed by atoms with Crippen molar-refractivity contribution in [1.29, 1.82) is 0 Å². The van der Waals surface area contributed by atoms with E-state index in [1.807, 2.05) is 43.3 Å². The van der Waals surface area contributed by atoms with Gasteiger partial charge >= 0.3 is 0 Å². The lowest BCUT2D eigenvalue weighted by Crippen LogP contribution is -2.41. The number of carbonyl (C=O) groups excluding carboxylic acids is 1. The summed E-state index contributed by atoms with van der Waals surface area (Å²) in [4.78, 5) is 15.1. The minimum Gasteiger partial charge on any atom is -0.493 e. The van der Waals surface area contributed by atoms with Crippen LogP contribution in [-0.2, 0) is 13.0 Å². The molecule has 5 nitrogen and oxygen atoms in total. The molecule has 1 heterocycles. The normalized spacial score (nSPS) is 15.6. The van der Waals surface area contributed by atoms with E-state index in [2.05, 4.69) is 10.2 Å². The molecule has 3 aromatic rings. The minimum atomic E-state index is -0.249. The third-order valence-electron chi connectivity index (χ3n) is 6.18. The summed E-state index contributed by atoms with van der Waals surface area (Å²) < 4.78 is 24.4. The van der Waals surface area contributed by atoms with E-state index >= 15 is 0 Å². The van der Waals surface area contributed by atoms with Crippen LogP contribution in [0.5, 0.6) is 11.5 Å². The summed E-state index contributed by atoms with van der Waals surface area (Å²) in [6, 6.07) is 18.1. The van der Waals surface area contributed by atoms with Gasteiger partial charge in [0.2, 0.25) is 0 Å². The van der Waals surface area contributed by atoms with Gasteiger partial charge in [0.25, 0.3) is 5.91 Å². The molecular weight excluding hydrogens is 419 g/mol. The van der Waals surface area contributed by atoms with E-state index in [0.717, 1.165) is 29.7 Å². The van der Waals surface area contributed by atoms with E-state index in [0.29, 0.717) is 30.2 Å². The smallest absolute Gasteiger partial charge is 0.251 e. The van der Waals surface area contributed by atoms with Gasteiger partial charge in [-0.1, -0.05) is 29.8 Å². The maximum atomic E-state index is 13.4. The van der Waals surface area contributed by atoms with Crippen molar-refractivity contribution in [2.45, 2.75) is 25.9 Å². The number of rotatable bonds is 7. The zero-order valence-electron chi connectivity index (χ0n) is 19.2. The number of amides is 1. The number of methoxy groups -OCH3 is 2. The number of fused-ring (bicyclic) bond motifs is 1. The molecule has 1 atom stereocenters. The fourth-order valence-corrected chi connectivity index (χ4v) is 4.33. The van der Waals surface area contributed by atoms with Crippen molar-refractivity contribution in [3.63, 3.8) is 0 Å². The fourth-order valence-electron chi connectivity index (χ4n) is 4.33. The van der Waals surface area contributed by atoms with Gasteiger partial charge in [0, 0.05) is 25.2 Å². The van der Waals surface area contributed by atoms with Gasteiger partial charge < -0.3 is 14.8 Å². The molecule has 1 N–H and O–H groups in total. The van der Waals surface area contributed by atoms with Crippen LogP contribution in [0.15, 0.2) is 60.7 Å². The van der Waals surface area contributed by atoms with E-state index in [4.69, 9.17) is 9.47 Å². The number of ether oxygens (including phenoxy) is 2. The van der Waals surface area contributed by atoms with Crippen LogP contribution in [0.4, 0.5) is 4.39 Å². The standard InChI is InChI=1S/C27H29FN2O3/c1-18-4-8-20(9-5-18)27(31)29-16-24-23-15-26(33-3)25(32-2)14-21(23)12-13-30(24)17-19-6-10-22(28)11-7-19/h4-11,14-15,24H,12-13,16-17H2,1-3H3,(H,29,31). The summed E-state index contributed by atoms with van der Waals surface area (Å²) in [5.41, 5.74) is 5.05. The first-order valence-corrected chi connectivity index (χ1v) is 11.1. The van der Waals surface area contributed by atoms with Gasteiger partial charge in [-0.3, -0.25) is 9.69 Å². The van der Waals surface area contributed by atoms with Crippen LogP contribution in [0, 0.1) is 12.7 Å². The van der Waals surface area contributed by atoms with Crippen molar-refractivity contribution in [2.75, 3.05) is 27.3 Å². The highest BCUT2D eigenvalue weighted by atomic mass is 19.1. The van der Waals surface area contributed by atoms with E-state index < -0.39 is 0 Å². The lowest BCUT2D eigenvalue weighted by Gasteiger charge is -2.38. The molecule has 6 heteroatoms. The molecule has 0 aromatic heterocycles. The lowest BCUT2D eigenvalue weighted by atomic mass is 9.91. The molecule has 33 heavy (non-hydrogen) atoms. The summed E-state index contributed by atoms with van der Waals surface area (Å²) >= 11 is 0. The number of halogens is 1. The minimum absolute atomic E-state index is 0.0620. The molecule has 0 spiro atoms. The van der Waals surface area contributed by atoms with Crippen LogP contribution in [0.3, 0.4) is 0 Å². The van der Waals surface area contributed by atoms with Gasteiger partial charge in [0.1, 0.15) is 5.82 Å². The predicted octanol–water partition coefficient (Wildman–Crippen LogP) is 4.68. The number of nitrogens with zero attached hydrogens (tertiary/aromatic N) is 1. The van der Waals surface area contributed by atoms with Crippen LogP contribution in [-0.4, -0.2) is 38.1 Å². The molecule has 0 saturated carbocycles. The van der Waals surface area contributed by atoms with Gasteiger partial charge in [-0.25, -0.2) is 4.39 Å². The number of carbonyl (C=O) groups is 1. The van der Waals surface area contributed by atoms with Gasteiger partial charge in [-0.2, -0.15) is 0 Å². The molecule has 0 bridgehead atoms. The van der Waals surface area contributed by atoms with Gasteiger partial charge in [-0.15, -0.1) is 0 Å². The monoisotopic (exact) mass is 448 g/mol. The molecule has 0 radical (unpaired) electrons. The Balaban J connectivity index is 1.62. The Hall–Kier alpha value is -3.38. The van der Waals surface area contributed by atoms with E-state index in [9.17, 15) is 9.18 Å². The number of hydrogen-bond donors (Lipinski definition) is 1. The summed E-state index contributed by atoms with van der Waals surface area (Å²) in [5, 5.41) is 3.11. The van der Waals surface area contributed by atoms with Crippen LogP contribution in [0.25, 0.3) is 0 Å². The Morgan fingerprint density at radius 2 is 1.70 bits per heavy atom. The Labute approximate surface area is 194 Å². The van der Waals surface area contributed by atoms with E-state index in [1.165, 1.54) is 17.7 Å². The van der Waals surface area contributed by atoms with Crippen LogP contribution in [0.1, 0.15) is 38.7 Å². The van der Waals surface area contributed by atoms with Gasteiger partial charge in [0.15, 0.2) is 11.5 Å². The first-order valence-electron chi connectivity index (χ1n) is 11.1. The average molecular weight is 449 g/mol. The highest BCUT2D eigenvalue weighted by molar-refractivity contribution is 5.94. The highest BCUT2D eigenvalue weighted by Crippen LogP contribution is 2.38. The molecule has 0 fully saturated rings. The average Bonchev–Trinajstić information content (AvgIpc) is 2.84. The Morgan fingerprint density at radius 3 is 2.36 bits per heavy atom. The maximum absolute atomic E-state index is 13.4. The summed E-state index contributed by atoms with van der Waals surface area (Å²) in [6.45, 7) is 3.90. The van der Waals surface area contributed by atoms with Crippen molar-refractivity contribution in [1.82, 2.24) is 10.2 Å². The number of benzene rings is 3. The largest absolute Gasteiger partial charge is 0.493 e. The van der Waals surface area contributed by atoms with E-state index in [1.54, 1.807) is 26.4 Å². The molecule has 1 aliphatic heterocycles. The Kier molecular flexibility index (Phi) is 6.94. The molecule has 1 aliphatic rings. The third-order valence-corrected chi connectivity index (χ3v) is 6.18. The second-order valence-electron chi connectivity index (χ2n) is 8.34. The summed E-state index contributed by atoms with van der Waals surface area (Å²) in [5.74, 6) is 1.01. The van der Waals surface area contributed by atoms with Crippen molar-refractivity contribution >= 4 is 5.91 Å². The first-order chi connectivity index (χ1) is 16.0. The second kappa shape index (κ2) is 10.0. The summed E-state index contributed by atoms with van der Waals surface area (Å²) in [7, 11) is 3.25. The molecule has 172 valence electrons. The van der Waals surface area contributed by atoms with Crippen molar-refractivity contribution in [3.8, 4) is 11.5 Å². The quantitative estimate of drug-likeness (QED) is 0.570. The van der Waals surface area contributed by atoms with Gasteiger partial charge in [0.05, 0.1) is 20.3 Å². The third kappa shape index (κ3) is 5.17. The van der Waals surface area contributed by atoms with Crippen molar-refractivity contribution in [2.24, 2.45) is 0 Å². The number of nitrogens with one attached hydrogen (secondary N) is 1. The van der Waals surface area contributed by atoms with Crippen LogP contribution < -0.4 is 14.8 Å². The number of hydrogen-bond acceptors (Lipinski definition) is 4. The van der Waals surface area contributed by atoms with Crippen molar-refractivity contribution < 1.29 is 18.7 Å². The molecular formula is C27H29FN2O3. The summed E-state index contributed by atoms with van der Waals surface area (Å²) in [6.07, 6.45) is 0.847. The topological polar surface area (TPSA) is 50.8 Å². The Bertz CT molecular complexity index is 1110. The molecule has 1 amide bonds. The molecule has 4 rings (SSSR count). The Morgan fingerprint density at radius 1 is 1.03 bits per heavy atom. The molecule has 0 saturated heterocycles. The van der Waals surface area contributed by atoms with E-state index in [-0.39, 0.29) is 17.8 Å². The zero-order chi connectivity index (χ0) is 23.4. The van der Waals surface area contributed by atoms with Gasteiger partial charge in [-0.05, 0) is 66.4 Å². The molecule has 0 aliphatic carbocycles. The van der Waals surface area contributed by atoms with Crippen LogP contribution in [0.2, 0.25) is 0 Å². The lowest BCUT2D eigenvalue weighted by molar-refractivity contribution is 0.0925. The molecule has 3 aromatic carbocycles. The fraction of sp³-hybridized carbons (Fsp3) is 0.296. The maximum Gasteiger partial charge on any atom is 0.251 e. The number of aryl methyl sites for hydroxylation is 1. The van der Waals surface area contributed by atoms with Crippen LogP contribution >= 0.6 is 0 Å². The zero-order valence-corrected chi connectivity index (χ0v) is 19.2. The second-order valence-corrected chi connectivity index (χ2v) is 8.34. The molecule has 1 unspecified atom stereocenters.